The Morgan fingerprint density at radius 2 is 1.96 bits per heavy atom. The van der Waals surface area contributed by atoms with Gasteiger partial charge in [0.05, 0.1) is 12.8 Å². The van der Waals surface area contributed by atoms with E-state index in [1.165, 1.54) is 0 Å². The number of aromatic nitrogens is 2. The summed E-state index contributed by atoms with van der Waals surface area (Å²) >= 11 is 5.94. The monoisotopic (exact) mass is 341 g/mol. The van der Waals surface area contributed by atoms with Gasteiger partial charge in [0, 0.05) is 23.3 Å². The van der Waals surface area contributed by atoms with E-state index >= 15 is 0 Å². The number of rotatable bonds is 4. The Labute approximate surface area is 144 Å². The lowest BCUT2D eigenvalue weighted by atomic mass is 10.1. The number of nitrogens with zero attached hydrogens (tertiary/aromatic N) is 2. The Morgan fingerprint density at radius 3 is 2.71 bits per heavy atom. The topological polar surface area (TPSA) is 56.1 Å². The van der Waals surface area contributed by atoms with E-state index < -0.39 is 0 Å². The van der Waals surface area contributed by atoms with Crippen LogP contribution >= 0.6 is 11.6 Å². The number of hydrogen-bond donors (Lipinski definition) is 1. The molecule has 122 valence electrons. The molecule has 0 bridgehead atoms. The molecular formula is C18H16ClN3O2. The molecule has 1 amide bonds. The van der Waals surface area contributed by atoms with Crippen molar-refractivity contribution in [2.75, 3.05) is 12.4 Å². The maximum Gasteiger partial charge on any atom is 0.273 e. The Bertz CT molecular complexity index is 889. The molecule has 5 nitrogen and oxygen atoms in total. The van der Waals surface area contributed by atoms with Crippen LogP contribution in [0.5, 0.6) is 5.75 Å². The summed E-state index contributed by atoms with van der Waals surface area (Å²) in [6, 6.07) is 16.3. The SMILES string of the molecule is COc1cccc(-c2cc(C(=O)Nc3cccc(Cl)c3)n(C)n2)c1. The Morgan fingerprint density at radius 1 is 1.17 bits per heavy atom. The fourth-order valence-corrected chi connectivity index (χ4v) is 2.55. The van der Waals surface area contributed by atoms with E-state index in [0.717, 1.165) is 11.3 Å². The van der Waals surface area contributed by atoms with Crippen LogP contribution in [0.25, 0.3) is 11.3 Å². The maximum atomic E-state index is 12.5. The molecule has 0 radical (unpaired) electrons. The predicted molar refractivity (Wildman–Crippen MR) is 94.6 cm³/mol. The number of ether oxygens (including phenoxy) is 1. The quantitative estimate of drug-likeness (QED) is 0.780. The van der Waals surface area contributed by atoms with Crippen LogP contribution in [-0.4, -0.2) is 22.8 Å². The van der Waals surface area contributed by atoms with Crippen molar-refractivity contribution < 1.29 is 9.53 Å². The van der Waals surface area contributed by atoms with E-state index in [-0.39, 0.29) is 5.91 Å². The molecule has 0 aliphatic carbocycles. The Balaban J connectivity index is 1.86. The molecule has 6 heteroatoms. The van der Waals surface area contributed by atoms with E-state index in [1.807, 2.05) is 24.3 Å². The van der Waals surface area contributed by atoms with Crippen molar-refractivity contribution in [3.8, 4) is 17.0 Å². The summed E-state index contributed by atoms with van der Waals surface area (Å²) in [5.74, 6) is 0.490. The van der Waals surface area contributed by atoms with Crippen molar-refractivity contribution in [1.82, 2.24) is 9.78 Å². The van der Waals surface area contributed by atoms with Gasteiger partial charge < -0.3 is 10.1 Å². The van der Waals surface area contributed by atoms with Crippen molar-refractivity contribution in [3.63, 3.8) is 0 Å². The van der Waals surface area contributed by atoms with E-state index in [0.29, 0.717) is 22.1 Å². The average molecular weight is 342 g/mol. The number of amides is 1. The molecule has 1 N–H and O–H groups in total. The molecule has 0 saturated heterocycles. The van der Waals surface area contributed by atoms with Gasteiger partial charge in [-0.3, -0.25) is 9.48 Å². The predicted octanol–water partition coefficient (Wildman–Crippen LogP) is 4.00. The van der Waals surface area contributed by atoms with Gasteiger partial charge in [-0.25, -0.2) is 0 Å². The van der Waals surface area contributed by atoms with Crippen molar-refractivity contribution in [2.45, 2.75) is 0 Å². The van der Waals surface area contributed by atoms with E-state index in [4.69, 9.17) is 16.3 Å². The molecule has 0 spiro atoms. The number of carbonyl (C=O) groups is 1. The lowest BCUT2D eigenvalue weighted by molar-refractivity contribution is 0.101. The lowest BCUT2D eigenvalue weighted by Crippen LogP contribution is -2.15. The molecule has 3 aromatic rings. The van der Waals surface area contributed by atoms with Gasteiger partial charge in [-0.2, -0.15) is 5.10 Å². The van der Waals surface area contributed by atoms with Crippen LogP contribution in [0.2, 0.25) is 5.02 Å². The zero-order valence-corrected chi connectivity index (χ0v) is 14.0. The number of benzene rings is 2. The summed E-state index contributed by atoms with van der Waals surface area (Å²) in [6.07, 6.45) is 0. The van der Waals surface area contributed by atoms with Crippen LogP contribution in [-0.2, 0) is 7.05 Å². The van der Waals surface area contributed by atoms with Crippen LogP contribution < -0.4 is 10.1 Å². The normalized spacial score (nSPS) is 10.5. The second-order valence-corrected chi connectivity index (χ2v) is 5.67. The number of carbonyl (C=O) groups excluding carboxylic acids is 1. The molecule has 3 rings (SSSR count). The maximum absolute atomic E-state index is 12.5. The summed E-state index contributed by atoms with van der Waals surface area (Å²) < 4.78 is 6.77. The summed E-state index contributed by atoms with van der Waals surface area (Å²) in [5.41, 5.74) is 2.67. The molecule has 24 heavy (non-hydrogen) atoms. The number of halogens is 1. The van der Waals surface area contributed by atoms with Crippen LogP contribution in [0.3, 0.4) is 0 Å². The van der Waals surface area contributed by atoms with E-state index in [2.05, 4.69) is 10.4 Å². The van der Waals surface area contributed by atoms with Gasteiger partial charge in [-0.1, -0.05) is 29.8 Å². The van der Waals surface area contributed by atoms with E-state index in [9.17, 15) is 4.79 Å². The summed E-state index contributed by atoms with van der Waals surface area (Å²) in [7, 11) is 3.35. The molecule has 0 unspecified atom stereocenters. The second kappa shape index (κ2) is 6.76. The van der Waals surface area contributed by atoms with Crippen molar-refractivity contribution in [2.24, 2.45) is 7.05 Å². The standard InChI is InChI=1S/C18H16ClN3O2/c1-22-17(18(23)20-14-7-4-6-13(19)10-14)11-16(21-22)12-5-3-8-15(9-12)24-2/h3-11H,1-2H3,(H,20,23). The van der Waals surface area contributed by atoms with E-state index in [1.54, 1.807) is 49.2 Å². The first-order chi connectivity index (χ1) is 11.6. The van der Waals surface area contributed by atoms with Crippen LogP contribution in [0, 0.1) is 0 Å². The molecule has 0 aliphatic rings. The minimum Gasteiger partial charge on any atom is -0.497 e. The summed E-state index contributed by atoms with van der Waals surface area (Å²) in [5, 5.41) is 7.79. The summed E-state index contributed by atoms with van der Waals surface area (Å²) in [6.45, 7) is 0. The molecule has 0 atom stereocenters. The number of methoxy groups -OCH3 is 1. The first-order valence-corrected chi connectivity index (χ1v) is 7.70. The summed E-state index contributed by atoms with van der Waals surface area (Å²) in [4.78, 5) is 12.5. The van der Waals surface area contributed by atoms with Gasteiger partial charge in [-0.05, 0) is 36.4 Å². The number of anilines is 1. The zero-order valence-electron chi connectivity index (χ0n) is 13.3. The minimum atomic E-state index is -0.249. The third-order valence-electron chi connectivity index (χ3n) is 3.56. The first-order valence-electron chi connectivity index (χ1n) is 7.32. The van der Waals surface area contributed by atoms with Gasteiger partial charge in [0.2, 0.25) is 0 Å². The third kappa shape index (κ3) is 3.41. The number of hydrogen-bond acceptors (Lipinski definition) is 3. The Hall–Kier alpha value is -2.79. The van der Waals surface area contributed by atoms with Crippen LogP contribution in [0.4, 0.5) is 5.69 Å². The zero-order chi connectivity index (χ0) is 17.1. The van der Waals surface area contributed by atoms with Crippen LogP contribution in [0.15, 0.2) is 54.6 Å². The number of aryl methyl sites for hydroxylation is 1. The highest BCUT2D eigenvalue weighted by Crippen LogP contribution is 2.24. The van der Waals surface area contributed by atoms with Crippen molar-refractivity contribution in [3.05, 3.63) is 65.3 Å². The molecule has 0 fully saturated rings. The van der Waals surface area contributed by atoms with Gasteiger partial charge >= 0.3 is 0 Å². The second-order valence-electron chi connectivity index (χ2n) is 5.23. The van der Waals surface area contributed by atoms with Gasteiger partial charge in [0.1, 0.15) is 11.4 Å². The molecule has 2 aromatic carbocycles. The smallest absolute Gasteiger partial charge is 0.273 e. The minimum absolute atomic E-state index is 0.249. The fraction of sp³-hybridized carbons (Fsp3) is 0.111. The highest BCUT2D eigenvalue weighted by molar-refractivity contribution is 6.30. The molecule has 1 heterocycles. The molecule has 1 aromatic heterocycles. The Kier molecular flexibility index (Phi) is 4.53. The van der Waals surface area contributed by atoms with Gasteiger partial charge in [0.15, 0.2) is 0 Å². The highest BCUT2D eigenvalue weighted by Gasteiger charge is 2.15. The first kappa shape index (κ1) is 16.1. The molecule has 0 aliphatic heterocycles. The van der Waals surface area contributed by atoms with Crippen molar-refractivity contribution in [1.29, 1.82) is 0 Å². The highest BCUT2D eigenvalue weighted by atomic mass is 35.5. The largest absolute Gasteiger partial charge is 0.497 e. The van der Waals surface area contributed by atoms with Crippen LogP contribution in [0.1, 0.15) is 10.5 Å². The average Bonchev–Trinajstić information content (AvgIpc) is 2.97. The van der Waals surface area contributed by atoms with Gasteiger partial charge in [-0.15, -0.1) is 0 Å². The fourth-order valence-electron chi connectivity index (χ4n) is 2.36. The van der Waals surface area contributed by atoms with Crippen molar-refractivity contribution >= 4 is 23.2 Å². The van der Waals surface area contributed by atoms with Gasteiger partial charge in [0.25, 0.3) is 5.91 Å². The lowest BCUT2D eigenvalue weighted by Gasteiger charge is -2.05. The molecular weight excluding hydrogens is 326 g/mol. The third-order valence-corrected chi connectivity index (χ3v) is 3.80. The molecule has 0 saturated carbocycles. The number of nitrogens with one attached hydrogen (secondary N) is 1.